The fraction of sp³-hybridized carbons (Fsp3) is 0.250. The number of carboxylic acid groups (broad SMARTS) is 1. The van der Waals surface area contributed by atoms with E-state index in [1.165, 1.54) is 13.0 Å². The van der Waals surface area contributed by atoms with E-state index in [2.05, 4.69) is 11.3 Å². The average molecular weight is 172 g/mol. The summed E-state index contributed by atoms with van der Waals surface area (Å²) in [7, 11) is 0. The van der Waals surface area contributed by atoms with E-state index in [0.717, 1.165) is 12.3 Å². The van der Waals surface area contributed by atoms with Gasteiger partial charge in [-0.15, -0.1) is 0 Å². The molecule has 12 heavy (non-hydrogen) atoms. The Hall–Kier alpha value is -1.58. The van der Waals surface area contributed by atoms with Crippen LogP contribution in [0, 0.1) is 0 Å². The summed E-state index contributed by atoms with van der Waals surface area (Å²) in [5.41, 5.74) is 0. The Morgan fingerprint density at radius 1 is 1.50 bits per heavy atom. The second kappa shape index (κ2) is 9.42. The summed E-state index contributed by atoms with van der Waals surface area (Å²) in [6.45, 7) is 6.14. The summed E-state index contributed by atoms with van der Waals surface area (Å²) >= 11 is 0. The van der Waals surface area contributed by atoms with E-state index in [1.807, 2.05) is 0 Å². The number of rotatable bonds is 2. The van der Waals surface area contributed by atoms with Gasteiger partial charge in [0.15, 0.2) is 0 Å². The molecule has 1 N–H and O–H groups in total. The van der Waals surface area contributed by atoms with Crippen molar-refractivity contribution >= 4 is 11.9 Å². The van der Waals surface area contributed by atoms with E-state index in [-0.39, 0.29) is 5.97 Å². The van der Waals surface area contributed by atoms with E-state index in [0.29, 0.717) is 0 Å². The summed E-state index contributed by atoms with van der Waals surface area (Å²) in [5.74, 6) is -1.22. The zero-order chi connectivity index (χ0) is 9.98. The number of carboxylic acids is 1. The van der Waals surface area contributed by atoms with Gasteiger partial charge in [0.25, 0.3) is 0 Å². The maximum Gasteiger partial charge on any atom is 0.327 e. The van der Waals surface area contributed by atoms with E-state index in [4.69, 9.17) is 5.11 Å². The first-order valence-electron chi connectivity index (χ1n) is 3.18. The Kier molecular flexibility index (Phi) is 10.2. The number of aliphatic carboxylic acids is 1. The quantitative estimate of drug-likeness (QED) is 0.388. The maximum absolute atomic E-state index is 9.75. The summed E-state index contributed by atoms with van der Waals surface area (Å²) in [5, 5.41) is 7.83. The highest BCUT2D eigenvalue weighted by Gasteiger charge is 1.79. The van der Waals surface area contributed by atoms with Crippen molar-refractivity contribution < 1.29 is 19.4 Å². The Bertz CT molecular complexity index is 181. The molecule has 0 saturated carbocycles. The molecule has 0 unspecified atom stereocenters. The molecule has 0 bridgehead atoms. The second-order valence-corrected chi connectivity index (χ2v) is 1.61. The zero-order valence-electron chi connectivity index (χ0n) is 7.11. The van der Waals surface area contributed by atoms with Crippen molar-refractivity contribution in [3.05, 3.63) is 25.0 Å². The van der Waals surface area contributed by atoms with Crippen LogP contribution in [0.4, 0.5) is 0 Å². The van der Waals surface area contributed by atoms with Crippen LogP contribution in [0.5, 0.6) is 0 Å². The average Bonchev–Trinajstić information content (AvgIpc) is 1.87. The molecule has 0 aliphatic heterocycles. The van der Waals surface area contributed by atoms with Crippen LogP contribution in [0.15, 0.2) is 25.0 Å². The Labute approximate surface area is 71.2 Å². The number of carbonyl (C=O) groups excluding carboxylic acids is 1. The number of hydrogen-bond acceptors (Lipinski definition) is 3. The molecule has 4 heteroatoms. The summed E-state index contributed by atoms with van der Waals surface area (Å²) in [6, 6.07) is 0. The van der Waals surface area contributed by atoms with Crippen LogP contribution in [0.25, 0.3) is 0 Å². The van der Waals surface area contributed by atoms with Crippen LogP contribution in [0.1, 0.15) is 13.8 Å². The van der Waals surface area contributed by atoms with Crippen LogP contribution in [-0.4, -0.2) is 17.0 Å². The monoisotopic (exact) mass is 172 g/mol. The molecule has 0 saturated heterocycles. The highest BCUT2D eigenvalue weighted by atomic mass is 16.5. The van der Waals surface area contributed by atoms with Gasteiger partial charge < -0.3 is 9.84 Å². The van der Waals surface area contributed by atoms with Gasteiger partial charge >= 0.3 is 11.9 Å². The highest BCUT2D eigenvalue weighted by molar-refractivity contribution is 5.79. The third kappa shape index (κ3) is 23.7. The molecule has 0 fully saturated rings. The SMILES string of the molecule is C=COC(C)=O.CC=CC(=O)O. The van der Waals surface area contributed by atoms with Gasteiger partial charge in [0.1, 0.15) is 0 Å². The minimum absolute atomic E-state index is 0.329. The normalized spacial score (nSPS) is 8.17. The molecule has 0 rings (SSSR count). The molecule has 68 valence electrons. The second-order valence-electron chi connectivity index (χ2n) is 1.61. The van der Waals surface area contributed by atoms with Gasteiger partial charge in [-0.05, 0) is 6.92 Å². The van der Waals surface area contributed by atoms with Crippen molar-refractivity contribution in [2.45, 2.75) is 13.8 Å². The number of esters is 1. The molecule has 0 amide bonds. The number of allylic oxidation sites excluding steroid dienone is 1. The fourth-order valence-electron chi connectivity index (χ4n) is 0.260. The van der Waals surface area contributed by atoms with Crippen molar-refractivity contribution in [1.82, 2.24) is 0 Å². The van der Waals surface area contributed by atoms with Crippen molar-refractivity contribution in [2.75, 3.05) is 0 Å². The number of ether oxygens (including phenoxy) is 1. The first-order chi connectivity index (χ1) is 5.54. The number of carbonyl (C=O) groups is 2. The summed E-state index contributed by atoms with van der Waals surface area (Å²) < 4.78 is 4.17. The topological polar surface area (TPSA) is 63.6 Å². The van der Waals surface area contributed by atoms with Gasteiger partial charge in [-0.2, -0.15) is 0 Å². The van der Waals surface area contributed by atoms with E-state index in [1.54, 1.807) is 6.92 Å². The minimum Gasteiger partial charge on any atom is -0.478 e. The highest BCUT2D eigenvalue weighted by Crippen LogP contribution is 1.70. The first kappa shape index (κ1) is 13.0. The Morgan fingerprint density at radius 2 is 2.00 bits per heavy atom. The lowest BCUT2D eigenvalue weighted by Crippen LogP contribution is -1.87. The van der Waals surface area contributed by atoms with E-state index >= 15 is 0 Å². The standard InChI is InChI=1S/2C4H6O2/c1-3-6-4(2)5;1-2-3-4(5)6/h3H,1H2,2H3;2-3H,1H3,(H,5,6). The molecule has 0 heterocycles. The van der Waals surface area contributed by atoms with Crippen molar-refractivity contribution in [2.24, 2.45) is 0 Å². The largest absolute Gasteiger partial charge is 0.478 e. The van der Waals surface area contributed by atoms with Crippen LogP contribution in [0.3, 0.4) is 0 Å². The lowest BCUT2D eigenvalue weighted by atomic mass is 10.5. The third-order valence-electron chi connectivity index (χ3n) is 0.559. The third-order valence-corrected chi connectivity index (χ3v) is 0.559. The van der Waals surface area contributed by atoms with Crippen LogP contribution in [-0.2, 0) is 14.3 Å². The fourth-order valence-corrected chi connectivity index (χ4v) is 0.260. The number of hydrogen-bond donors (Lipinski definition) is 1. The van der Waals surface area contributed by atoms with Crippen LogP contribution in [0.2, 0.25) is 0 Å². The maximum atomic E-state index is 9.75. The predicted molar refractivity (Wildman–Crippen MR) is 44.4 cm³/mol. The van der Waals surface area contributed by atoms with Crippen LogP contribution < -0.4 is 0 Å². The minimum atomic E-state index is -0.891. The lowest BCUT2D eigenvalue weighted by Gasteiger charge is -1.83. The molecule has 0 aromatic rings. The molecule has 0 atom stereocenters. The van der Waals surface area contributed by atoms with Gasteiger partial charge in [0.2, 0.25) is 0 Å². The molecular weight excluding hydrogens is 160 g/mol. The molecule has 0 spiro atoms. The molecule has 0 radical (unpaired) electrons. The lowest BCUT2D eigenvalue weighted by molar-refractivity contribution is -0.135. The van der Waals surface area contributed by atoms with Gasteiger partial charge in [-0.1, -0.05) is 12.7 Å². The van der Waals surface area contributed by atoms with Crippen molar-refractivity contribution in [3.63, 3.8) is 0 Å². The summed E-state index contributed by atoms with van der Waals surface area (Å²) in [4.78, 5) is 19.3. The van der Waals surface area contributed by atoms with Gasteiger partial charge in [-0.25, -0.2) is 4.79 Å². The zero-order valence-corrected chi connectivity index (χ0v) is 7.11. The Balaban J connectivity index is 0. The molecule has 0 aromatic carbocycles. The molecule has 4 nitrogen and oxygen atoms in total. The van der Waals surface area contributed by atoms with E-state index in [9.17, 15) is 9.59 Å². The van der Waals surface area contributed by atoms with Gasteiger partial charge in [0, 0.05) is 13.0 Å². The smallest absolute Gasteiger partial charge is 0.327 e. The molecule has 0 aromatic heterocycles. The molecular formula is C8H12O4. The molecule has 0 aliphatic carbocycles. The summed E-state index contributed by atoms with van der Waals surface area (Å²) in [6.07, 6.45) is 3.66. The first-order valence-corrected chi connectivity index (χ1v) is 3.18. The van der Waals surface area contributed by atoms with Gasteiger partial charge in [-0.3, -0.25) is 4.79 Å². The van der Waals surface area contributed by atoms with Crippen LogP contribution >= 0.6 is 0 Å². The predicted octanol–water partition coefficient (Wildman–Crippen LogP) is 1.34. The van der Waals surface area contributed by atoms with E-state index < -0.39 is 5.97 Å². The Morgan fingerprint density at radius 3 is 2.00 bits per heavy atom. The molecule has 0 aliphatic rings. The van der Waals surface area contributed by atoms with Crippen molar-refractivity contribution in [1.29, 1.82) is 0 Å². The van der Waals surface area contributed by atoms with Gasteiger partial charge in [0.05, 0.1) is 6.26 Å². The van der Waals surface area contributed by atoms with Crippen molar-refractivity contribution in [3.8, 4) is 0 Å².